The first-order valence-electron chi connectivity index (χ1n) is 6.39. The van der Waals surface area contributed by atoms with Gasteiger partial charge in [0.25, 0.3) is 0 Å². The number of nitrogens with two attached hydrogens (primary N) is 1. The molecular weight excluding hydrogens is 200 g/mol. The van der Waals surface area contributed by atoms with Crippen LogP contribution in [0.15, 0.2) is 4.99 Å². The maximum Gasteiger partial charge on any atom is 0.188 e. The number of rotatable bonds is 6. The minimum atomic E-state index is 0.575. The van der Waals surface area contributed by atoms with Crippen molar-refractivity contribution in [2.75, 3.05) is 27.2 Å². The zero-order chi connectivity index (χ0) is 11.8. The van der Waals surface area contributed by atoms with E-state index in [1.54, 1.807) is 0 Å². The molecule has 1 fully saturated rings. The average Bonchev–Trinajstić information content (AvgIpc) is 2.69. The van der Waals surface area contributed by atoms with Crippen LogP contribution in [0.4, 0.5) is 0 Å². The van der Waals surface area contributed by atoms with Gasteiger partial charge in [-0.3, -0.25) is 4.99 Å². The molecule has 0 aromatic heterocycles. The Morgan fingerprint density at radius 3 is 2.62 bits per heavy atom. The molecule has 0 bridgehead atoms. The number of hydrogen-bond donors (Lipinski definition) is 2. The molecule has 0 atom stereocenters. The maximum absolute atomic E-state index is 5.82. The van der Waals surface area contributed by atoms with Crippen LogP contribution in [0.5, 0.6) is 0 Å². The van der Waals surface area contributed by atoms with Gasteiger partial charge in [0.2, 0.25) is 0 Å². The first-order valence-corrected chi connectivity index (χ1v) is 6.39. The van der Waals surface area contributed by atoms with Crippen LogP contribution in [-0.4, -0.2) is 44.1 Å². The summed E-state index contributed by atoms with van der Waals surface area (Å²) in [6.45, 7) is 1.98. The van der Waals surface area contributed by atoms with Gasteiger partial charge in [0, 0.05) is 12.6 Å². The van der Waals surface area contributed by atoms with Crippen LogP contribution in [0, 0.1) is 0 Å². The van der Waals surface area contributed by atoms with Crippen LogP contribution in [0.2, 0.25) is 0 Å². The van der Waals surface area contributed by atoms with Crippen molar-refractivity contribution in [3.05, 3.63) is 0 Å². The van der Waals surface area contributed by atoms with Gasteiger partial charge < -0.3 is 16.0 Å². The number of hydrogen-bond acceptors (Lipinski definition) is 2. The predicted molar refractivity (Wildman–Crippen MR) is 69.7 cm³/mol. The van der Waals surface area contributed by atoms with E-state index >= 15 is 0 Å². The molecule has 0 radical (unpaired) electrons. The summed E-state index contributed by atoms with van der Waals surface area (Å²) in [5.74, 6) is 0.636. The Labute approximate surface area is 99.3 Å². The van der Waals surface area contributed by atoms with Crippen molar-refractivity contribution in [1.29, 1.82) is 0 Å². The van der Waals surface area contributed by atoms with Gasteiger partial charge in [0.15, 0.2) is 5.96 Å². The van der Waals surface area contributed by atoms with Crippen LogP contribution in [-0.2, 0) is 0 Å². The van der Waals surface area contributed by atoms with Crippen molar-refractivity contribution in [1.82, 2.24) is 10.2 Å². The summed E-state index contributed by atoms with van der Waals surface area (Å²) in [4.78, 5) is 6.55. The fourth-order valence-electron chi connectivity index (χ4n) is 2.06. The van der Waals surface area contributed by atoms with Crippen molar-refractivity contribution < 1.29 is 0 Å². The third kappa shape index (κ3) is 5.95. The molecular formula is C12H26N4. The molecule has 94 valence electrons. The van der Waals surface area contributed by atoms with E-state index in [-0.39, 0.29) is 0 Å². The summed E-state index contributed by atoms with van der Waals surface area (Å²) in [7, 11) is 4.19. The van der Waals surface area contributed by atoms with E-state index < -0.39 is 0 Å². The lowest BCUT2D eigenvalue weighted by Crippen LogP contribution is -2.38. The lowest BCUT2D eigenvalue weighted by Gasteiger charge is -2.12. The van der Waals surface area contributed by atoms with Gasteiger partial charge in [0.05, 0.1) is 0 Å². The van der Waals surface area contributed by atoms with E-state index in [0.29, 0.717) is 12.0 Å². The largest absolute Gasteiger partial charge is 0.370 e. The van der Waals surface area contributed by atoms with Gasteiger partial charge in [-0.25, -0.2) is 0 Å². The molecule has 1 saturated carbocycles. The lowest BCUT2D eigenvalue weighted by atomic mass is 10.2. The van der Waals surface area contributed by atoms with Crippen molar-refractivity contribution >= 4 is 5.96 Å². The Hall–Kier alpha value is -0.770. The monoisotopic (exact) mass is 226 g/mol. The third-order valence-electron chi connectivity index (χ3n) is 3.00. The van der Waals surface area contributed by atoms with Gasteiger partial charge in [-0.1, -0.05) is 12.8 Å². The van der Waals surface area contributed by atoms with E-state index in [9.17, 15) is 0 Å². The third-order valence-corrected chi connectivity index (χ3v) is 3.00. The van der Waals surface area contributed by atoms with Gasteiger partial charge in [-0.05, 0) is 46.3 Å². The predicted octanol–water partition coefficient (Wildman–Crippen LogP) is 1.18. The molecule has 4 nitrogen and oxygen atoms in total. The normalized spacial score (nSPS) is 18.3. The summed E-state index contributed by atoms with van der Waals surface area (Å²) < 4.78 is 0. The number of nitrogens with one attached hydrogen (secondary N) is 1. The van der Waals surface area contributed by atoms with E-state index in [0.717, 1.165) is 19.5 Å². The molecule has 1 aliphatic carbocycles. The van der Waals surface area contributed by atoms with Crippen molar-refractivity contribution in [2.45, 2.75) is 44.6 Å². The molecule has 0 spiro atoms. The van der Waals surface area contributed by atoms with Crippen molar-refractivity contribution in [2.24, 2.45) is 10.7 Å². The van der Waals surface area contributed by atoms with Crippen molar-refractivity contribution in [3.8, 4) is 0 Å². The standard InChI is InChI=1S/C12H26N4/c1-16(2)10-6-5-9-14-12(13)15-11-7-3-4-8-11/h11H,3-10H2,1-2H3,(H3,13,14,15). The van der Waals surface area contributed by atoms with Gasteiger partial charge in [0.1, 0.15) is 0 Å². The zero-order valence-electron chi connectivity index (χ0n) is 10.7. The Morgan fingerprint density at radius 2 is 2.00 bits per heavy atom. The Bertz CT molecular complexity index is 207. The molecule has 0 unspecified atom stereocenters. The Morgan fingerprint density at radius 1 is 1.31 bits per heavy atom. The Balaban J connectivity index is 2.04. The quantitative estimate of drug-likeness (QED) is 0.406. The highest BCUT2D eigenvalue weighted by molar-refractivity contribution is 5.78. The van der Waals surface area contributed by atoms with Crippen LogP contribution in [0.3, 0.4) is 0 Å². The summed E-state index contributed by atoms with van der Waals surface area (Å²) in [6, 6.07) is 0.575. The highest BCUT2D eigenvalue weighted by Crippen LogP contribution is 2.17. The van der Waals surface area contributed by atoms with Crippen LogP contribution in [0.25, 0.3) is 0 Å². The van der Waals surface area contributed by atoms with Crippen LogP contribution in [0.1, 0.15) is 38.5 Å². The summed E-state index contributed by atoms with van der Waals surface area (Å²) in [6.07, 6.45) is 7.45. The summed E-state index contributed by atoms with van der Waals surface area (Å²) in [5, 5.41) is 3.30. The fraction of sp³-hybridized carbons (Fsp3) is 0.917. The number of aliphatic imine (C=N–C) groups is 1. The molecule has 4 heteroatoms. The number of unbranched alkanes of at least 4 members (excludes halogenated alkanes) is 1. The van der Waals surface area contributed by atoms with E-state index in [2.05, 4.69) is 29.3 Å². The highest BCUT2D eigenvalue weighted by atomic mass is 15.1. The minimum absolute atomic E-state index is 0.575. The molecule has 3 N–H and O–H groups in total. The SMILES string of the molecule is CN(C)CCCCN=C(N)NC1CCCC1. The minimum Gasteiger partial charge on any atom is -0.370 e. The topological polar surface area (TPSA) is 53.6 Å². The van der Waals surface area contributed by atoms with Gasteiger partial charge in [-0.15, -0.1) is 0 Å². The molecule has 0 saturated heterocycles. The first-order chi connectivity index (χ1) is 7.68. The van der Waals surface area contributed by atoms with Crippen molar-refractivity contribution in [3.63, 3.8) is 0 Å². The van der Waals surface area contributed by atoms with E-state index in [4.69, 9.17) is 5.73 Å². The Kier molecular flexibility index (Phi) is 6.23. The number of nitrogens with zero attached hydrogens (tertiary/aromatic N) is 2. The second-order valence-corrected chi connectivity index (χ2v) is 4.90. The van der Waals surface area contributed by atoms with E-state index in [1.165, 1.54) is 32.1 Å². The second-order valence-electron chi connectivity index (χ2n) is 4.90. The summed E-state index contributed by atoms with van der Waals surface area (Å²) in [5.41, 5.74) is 5.82. The van der Waals surface area contributed by atoms with Gasteiger partial charge >= 0.3 is 0 Å². The molecule has 0 amide bonds. The molecule has 0 aromatic carbocycles. The highest BCUT2D eigenvalue weighted by Gasteiger charge is 2.14. The fourth-order valence-corrected chi connectivity index (χ4v) is 2.06. The molecule has 0 aliphatic heterocycles. The summed E-state index contributed by atoms with van der Waals surface area (Å²) >= 11 is 0. The number of guanidine groups is 1. The maximum atomic E-state index is 5.82. The molecule has 0 aromatic rings. The van der Waals surface area contributed by atoms with E-state index in [1.807, 2.05) is 0 Å². The lowest BCUT2D eigenvalue weighted by molar-refractivity contribution is 0.396. The zero-order valence-corrected chi connectivity index (χ0v) is 10.7. The second kappa shape index (κ2) is 7.49. The smallest absolute Gasteiger partial charge is 0.188 e. The molecule has 16 heavy (non-hydrogen) atoms. The van der Waals surface area contributed by atoms with Crippen LogP contribution < -0.4 is 11.1 Å². The van der Waals surface area contributed by atoms with Gasteiger partial charge in [-0.2, -0.15) is 0 Å². The van der Waals surface area contributed by atoms with Crippen LogP contribution >= 0.6 is 0 Å². The average molecular weight is 226 g/mol. The molecule has 0 heterocycles. The molecule has 1 aliphatic rings. The molecule has 1 rings (SSSR count). The first kappa shape index (κ1) is 13.3.